The van der Waals surface area contributed by atoms with Crippen molar-refractivity contribution in [2.75, 3.05) is 13.1 Å². The first-order chi connectivity index (χ1) is 10.2. The minimum atomic E-state index is -0.0863. The third-order valence-electron chi connectivity index (χ3n) is 4.34. The number of hydrogen-bond donors (Lipinski definition) is 1. The number of carbonyl (C=O) groups excluding carboxylic acids is 1. The minimum absolute atomic E-state index is 0.0863. The van der Waals surface area contributed by atoms with Gasteiger partial charge in [-0.15, -0.1) is 0 Å². The summed E-state index contributed by atoms with van der Waals surface area (Å²) in [4.78, 5) is 14.5. The number of piperidine rings is 1. The monoisotopic (exact) mass is 288 g/mol. The van der Waals surface area contributed by atoms with Crippen LogP contribution in [-0.4, -0.2) is 36.0 Å². The third-order valence-corrected chi connectivity index (χ3v) is 4.34. The number of hydrogen-bond acceptors (Lipinski definition) is 2. The lowest BCUT2D eigenvalue weighted by Gasteiger charge is -2.31. The Balaban J connectivity index is 1.86. The van der Waals surface area contributed by atoms with Crippen molar-refractivity contribution in [1.29, 1.82) is 0 Å². The van der Waals surface area contributed by atoms with Crippen LogP contribution in [0.25, 0.3) is 0 Å². The van der Waals surface area contributed by atoms with Crippen molar-refractivity contribution in [1.82, 2.24) is 10.2 Å². The maximum absolute atomic E-state index is 12.5. The summed E-state index contributed by atoms with van der Waals surface area (Å²) in [5.74, 6) is 0.265. The smallest absolute Gasteiger partial charge is 0.239 e. The van der Waals surface area contributed by atoms with Gasteiger partial charge >= 0.3 is 0 Å². The Morgan fingerprint density at radius 3 is 2.48 bits per heavy atom. The molecule has 1 fully saturated rings. The maximum atomic E-state index is 12.5. The van der Waals surface area contributed by atoms with Crippen LogP contribution in [-0.2, 0) is 11.2 Å². The van der Waals surface area contributed by atoms with E-state index in [0.717, 1.165) is 38.8 Å². The zero-order valence-electron chi connectivity index (χ0n) is 13.3. The van der Waals surface area contributed by atoms with Crippen LogP contribution in [0.1, 0.15) is 45.1 Å². The fraction of sp³-hybridized carbons (Fsp3) is 0.611. The second-order valence-electron chi connectivity index (χ2n) is 6.07. The Kier molecular flexibility index (Phi) is 6.24. The van der Waals surface area contributed by atoms with Crippen LogP contribution in [0.15, 0.2) is 30.3 Å². The first-order valence-corrected chi connectivity index (χ1v) is 8.29. The van der Waals surface area contributed by atoms with E-state index >= 15 is 0 Å². The number of carbonyl (C=O) groups is 1. The van der Waals surface area contributed by atoms with Gasteiger partial charge in [0.25, 0.3) is 0 Å². The van der Waals surface area contributed by atoms with Crippen molar-refractivity contribution < 1.29 is 4.79 Å². The van der Waals surface area contributed by atoms with Crippen molar-refractivity contribution in [3.63, 3.8) is 0 Å². The van der Waals surface area contributed by atoms with Gasteiger partial charge in [-0.2, -0.15) is 0 Å². The largest absolute Gasteiger partial charge is 0.341 e. The van der Waals surface area contributed by atoms with Gasteiger partial charge in [-0.25, -0.2) is 0 Å². The summed E-state index contributed by atoms with van der Waals surface area (Å²) in [5, 5.41) is 3.52. The zero-order chi connectivity index (χ0) is 15.1. The Labute approximate surface area is 128 Å². The molecule has 2 rings (SSSR count). The van der Waals surface area contributed by atoms with E-state index in [-0.39, 0.29) is 11.9 Å². The second-order valence-corrected chi connectivity index (χ2v) is 6.07. The highest BCUT2D eigenvalue weighted by Crippen LogP contribution is 2.11. The molecule has 0 aromatic heterocycles. The van der Waals surface area contributed by atoms with Gasteiger partial charge in [0.2, 0.25) is 5.91 Å². The molecule has 1 amide bonds. The molecule has 3 nitrogen and oxygen atoms in total. The van der Waals surface area contributed by atoms with Crippen molar-refractivity contribution in [3.05, 3.63) is 35.9 Å². The Hall–Kier alpha value is -1.35. The molecule has 0 spiro atoms. The number of amides is 1. The molecular weight excluding hydrogens is 260 g/mol. The van der Waals surface area contributed by atoms with Crippen LogP contribution in [0.5, 0.6) is 0 Å². The molecule has 1 aliphatic heterocycles. The molecule has 21 heavy (non-hydrogen) atoms. The summed E-state index contributed by atoms with van der Waals surface area (Å²) < 4.78 is 0. The highest BCUT2D eigenvalue weighted by Gasteiger charge is 2.23. The molecule has 0 radical (unpaired) electrons. The molecule has 1 aliphatic rings. The number of nitrogens with zero attached hydrogens (tertiary/aromatic N) is 1. The Morgan fingerprint density at radius 2 is 1.86 bits per heavy atom. The predicted molar refractivity (Wildman–Crippen MR) is 87.3 cm³/mol. The first-order valence-electron chi connectivity index (χ1n) is 8.29. The fourth-order valence-corrected chi connectivity index (χ4v) is 3.03. The van der Waals surface area contributed by atoms with E-state index in [1.54, 1.807) is 0 Å². The van der Waals surface area contributed by atoms with E-state index in [1.165, 1.54) is 12.0 Å². The fourth-order valence-electron chi connectivity index (χ4n) is 3.03. The van der Waals surface area contributed by atoms with Crippen LogP contribution < -0.4 is 5.32 Å². The van der Waals surface area contributed by atoms with Gasteiger partial charge in [0.05, 0.1) is 6.04 Å². The van der Waals surface area contributed by atoms with Gasteiger partial charge in [-0.3, -0.25) is 4.79 Å². The molecule has 1 aromatic rings. The van der Waals surface area contributed by atoms with Crippen molar-refractivity contribution in [3.8, 4) is 0 Å². The molecule has 2 atom stereocenters. The highest BCUT2D eigenvalue weighted by atomic mass is 16.2. The quantitative estimate of drug-likeness (QED) is 0.873. The van der Waals surface area contributed by atoms with Gasteiger partial charge in [-0.05, 0) is 44.6 Å². The van der Waals surface area contributed by atoms with Crippen LogP contribution in [0.2, 0.25) is 0 Å². The predicted octanol–water partition coefficient (Wildman–Crippen LogP) is 3.00. The molecule has 0 saturated carbocycles. The molecule has 1 saturated heterocycles. The number of likely N-dealkylation sites (tertiary alicyclic amines) is 1. The Bertz CT molecular complexity index is 426. The zero-order valence-corrected chi connectivity index (χ0v) is 13.3. The van der Waals surface area contributed by atoms with Gasteiger partial charge in [0, 0.05) is 19.1 Å². The third kappa shape index (κ3) is 4.85. The van der Waals surface area contributed by atoms with Crippen LogP contribution in [0.3, 0.4) is 0 Å². The average molecular weight is 288 g/mol. The maximum Gasteiger partial charge on any atom is 0.239 e. The topological polar surface area (TPSA) is 32.3 Å². The number of benzene rings is 1. The molecule has 2 unspecified atom stereocenters. The van der Waals surface area contributed by atoms with E-state index in [2.05, 4.69) is 36.5 Å². The molecule has 0 aliphatic carbocycles. The lowest BCUT2D eigenvalue weighted by Crippen LogP contribution is -2.50. The van der Waals surface area contributed by atoms with E-state index in [0.29, 0.717) is 6.04 Å². The summed E-state index contributed by atoms with van der Waals surface area (Å²) in [6.45, 7) is 6.05. The van der Waals surface area contributed by atoms with Gasteiger partial charge < -0.3 is 10.2 Å². The van der Waals surface area contributed by atoms with Crippen molar-refractivity contribution in [2.24, 2.45) is 0 Å². The molecule has 1 N–H and O–H groups in total. The summed E-state index contributed by atoms with van der Waals surface area (Å²) in [7, 11) is 0. The van der Waals surface area contributed by atoms with E-state index < -0.39 is 0 Å². The number of rotatable bonds is 6. The minimum Gasteiger partial charge on any atom is -0.341 e. The van der Waals surface area contributed by atoms with E-state index in [9.17, 15) is 4.79 Å². The molecular formula is C18H28N2O. The second kappa shape index (κ2) is 8.18. The molecule has 1 aromatic carbocycles. The van der Waals surface area contributed by atoms with Gasteiger partial charge in [0.1, 0.15) is 0 Å². The average Bonchev–Trinajstić information content (AvgIpc) is 2.55. The van der Waals surface area contributed by atoms with Gasteiger partial charge in [-0.1, -0.05) is 37.3 Å². The standard InChI is InChI=1S/C18H28N2O/c1-3-17(14-16-10-6-4-7-11-16)19-15(2)18(21)20-12-8-5-9-13-20/h4,6-7,10-11,15,17,19H,3,5,8-9,12-14H2,1-2H3. The van der Waals surface area contributed by atoms with E-state index in [1.807, 2.05) is 17.9 Å². The Morgan fingerprint density at radius 1 is 1.19 bits per heavy atom. The normalized spacial score (nSPS) is 18.3. The van der Waals surface area contributed by atoms with Crippen LogP contribution in [0, 0.1) is 0 Å². The highest BCUT2D eigenvalue weighted by molar-refractivity contribution is 5.81. The summed E-state index contributed by atoms with van der Waals surface area (Å²) >= 11 is 0. The summed E-state index contributed by atoms with van der Waals surface area (Å²) in [6.07, 6.45) is 5.58. The lowest BCUT2D eigenvalue weighted by atomic mass is 10.0. The summed E-state index contributed by atoms with van der Waals surface area (Å²) in [5.41, 5.74) is 1.33. The number of nitrogens with one attached hydrogen (secondary N) is 1. The van der Waals surface area contributed by atoms with Crippen LogP contribution in [0.4, 0.5) is 0 Å². The van der Waals surface area contributed by atoms with Crippen molar-refractivity contribution >= 4 is 5.91 Å². The van der Waals surface area contributed by atoms with Gasteiger partial charge in [0.15, 0.2) is 0 Å². The molecule has 1 heterocycles. The van der Waals surface area contributed by atoms with E-state index in [4.69, 9.17) is 0 Å². The van der Waals surface area contributed by atoms with Crippen LogP contribution >= 0.6 is 0 Å². The molecule has 0 bridgehead atoms. The SMILES string of the molecule is CCC(Cc1ccccc1)NC(C)C(=O)N1CCCCC1. The van der Waals surface area contributed by atoms with Crippen molar-refractivity contribution in [2.45, 2.75) is 58.0 Å². The molecule has 116 valence electrons. The molecule has 3 heteroatoms. The summed E-state index contributed by atoms with van der Waals surface area (Å²) in [6, 6.07) is 10.8. The lowest BCUT2D eigenvalue weighted by molar-refractivity contribution is -0.134. The first kappa shape index (κ1) is 16.0.